The van der Waals surface area contributed by atoms with Gasteiger partial charge in [-0.15, -0.1) is 11.3 Å². The van der Waals surface area contributed by atoms with E-state index in [4.69, 9.17) is 0 Å². The first-order chi connectivity index (χ1) is 7.59. The minimum Gasteiger partial charge on any atom is -0.388 e. The smallest absolute Gasteiger partial charge is 0.136 e. The lowest BCUT2D eigenvalue weighted by Crippen LogP contribution is -1.88. The summed E-state index contributed by atoms with van der Waals surface area (Å²) >= 11 is 1.08. The van der Waals surface area contributed by atoms with Gasteiger partial charge in [0, 0.05) is 6.20 Å². The van der Waals surface area contributed by atoms with Gasteiger partial charge in [-0.3, -0.25) is 0 Å². The summed E-state index contributed by atoms with van der Waals surface area (Å²) in [4.78, 5) is 4.49. The van der Waals surface area contributed by atoms with Crippen molar-refractivity contribution < 1.29 is 13.9 Å². The molecule has 1 heterocycles. The summed E-state index contributed by atoms with van der Waals surface area (Å²) in [5.41, 5.74) is -0.139. The molecule has 1 aromatic heterocycles. The number of halogens is 2. The Hall–Kier alpha value is -1.33. The molecule has 0 bridgehead atoms. The fraction of sp³-hybridized carbons (Fsp3) is 0.182. The van der Waals surface area contributed by atoms with E-state index in [-0.39, 0.29) is 10.6 Å². The summed E-state index contributed by atoms with van der Waals surface area (Å²) in [6, 6.07) is 3.67. The van der Waals surface area contributed by atoms with E-state index in [0.29, 0.717) is 4.88 Å². The predicted octanol–water partition coefficient (Wildman–Crippen LogP) is 3.14. The lowest BCUT2D eigenvalue weighted by atomic mass is 10.2. The van der Waals surface area contributed by atoms with Gasteiger partial charge >= 0.3 is 0 Å². The van der Waals surface area contributed by atoms with Gasteiger partial charge in [-0.25, -0.2) is 13.8 Å². The lowest BCUT2D eigenvalue weighted by Gasteiger charge is -2.00. The first kappa shape index (κ1) is 11.2. The van der Waals surface area contributed by atoms with Gasteiger partial charge < -0.3 is 5.11 Å². The van der Waals surface area contributed by atoms with E-state index in [1.54, 1.807) is 6.92 Å². The molecule has 2 aromatic rings. The molecular weight excluding hydrogens is 232 g/mol. The third-order valence-corrected chi connectivity index (χ3v) is 3.30. The largest absolute Gasteiger partial charge is 0.388 e. The highest BCUT2D eigenvalue weighted by atomic mass is 32.1. The number of hydrogen-bond acceptors (Lipinski definition) is 3. The molecule has 0 radical (unpaired) electrons. The Morgan fingerprint density at radius 3 is 2.44 bits per heavy atom. The topological polar surface area (TPSA) is 33.1 Å². The zero-order chi connectivity index (χ0) is 11.7. The maximum absolute atomic E-state index is 13.4. The van der Waals surface area contributed by atoms with E-state index in [9.17, 15) is 13.9 Å². The molecule has 0 aliphatic heterocycles. The highest BCUT2D eigenvalue weighted by Gasteiger charge is 2.15. The molecule has 2 rings (SSSR count). The Bertz CT molecular complexity index is 490. The van der Waals surface area contributed by atoms with Crippen LogP contribution in [0.15, 0.2) is 24.4 Å². The van der Waals surface area contributed by atoms with Crippen LogP contribution in [0.1, 0.15) is 17.9 Å². The van der Waals surface area contributed by atoms with Crippen molar-refractivity contribution in [2.45, 2.75) is 13.0 Å². The van der Waals surface area contributed by atoms with Crippen molar-refractivity contribution in [1.29, 1.82) is 0 Å². The molecule has 84 valence electrons. The number of nitrogens with zero attached hydrogens (tertiary/aromatic N) is 1. The molecule has 1 unspecified atom stereocenters. The Labute approximate surface area is 95.2 Å². The van der Waals surface area contributed by atoms with Crippen LogP contribution in [0.3, 0.4) is 0 Å². The van der Waals surface area contributed by atoms with Gasteiger partial charge in [0.1, 0.15) is 16.6 Å². The van der Waals surface area contributed by atoms with E-state index in [0.717, 1.165) is 11.3 Å². The third kappa shape index (κ3) is 1.96. The van der Waals surface area contributed by atoms with Crippen molar-refractivity contribution in [3.05, 3.63) is 40.9 Å². The average molecular weight is 241 g/mol. The van der Waals surface area contributed by atoms with Crippen LogP contribution in [0.25, 0.3) is 10.6 Å². The van der Waals surface area contributed by atoms with Crippen LogP contribution in [-0.4, -0.2) is 10.1 Å². The van der Waals surface area contributed by atoms with E-state index >= 15 is 0 Å². The maximum Gasteiger partial charge on any atom is 0.136 e. The third-order valence-electron chi connectivity index (χ3n) is 2.11. The summed E-state index contributed by atoms with van der Waals surface area (Å²) in [5, 5.41) is 9.55. The molecule has 2 nitrogen and oxygen atoms in total. The van der Waals surface area contributed by atoms with Gasteiger partial charge in [-0.05, 0) is 19.1 Å². The van der Waals surface area contributed by atoms with Gasteiger partial charge in [0.2, 0.25) is 0 Å². The molecule has 0 fully saturated rings. The molecule has 0 amide bonds. The summed E-state index contributed by atoms with van der Waals surface area (Å²) in [7, 11) is 0. The van der Waals surface area contributed by atoms with Crippen LogP contribution < -0.4 is 0 Å². The SMILES string of the molecule is CC(O)c1cnc(-c2c(F)cccc2F)s1. The second kappa shape index (κ2) is 4.27. The molecule has 1 atom stereocenters. The fourth-order valence-electron chi connectivity index (χ4n) is 1.30. The van der Waals surface area contributed by atoms with Crippen molar-refractivity contribution >= 4 is 11.3 Å². The van der Waals surface area contributed by atoms with E-state index in [1.165, 1.54) is 24.4 Å². The molecule has 1 N–H and O–H groups in total. The number of rotatable bonds is 2. The molecule has 0 aliphatic carbocycles. The summed E-state index contributed by atoms with van der Waals surface area (Å²) in [5.74, 6) is -1.29. The number of aromatic nitrogens is 1. The Morgan fingerprint density at radius 1 is 1.31 bits per heavy atom. The van der Waals surface area contributed by atoms with Crippen LogP contribution in [0.2, 0.25) is 0 Å². The normalized spacial score (nSPS) is 12.8. The van der Waals surface area contributed by atoms with Crippen LogP contribution in [0.5, 0.6) is 0 Å². The lowest BCUT2D eigenvalue weighted by molar-refractivity contribution is 0.203. The highest BCUT2D eigenvalue weighted by Crippen LogP contribution is 2.31. The second-order valence-corrected chi connectivity index (χ2v) is 4.40. The van der Waals surface area contributed by atoms with Crippen molar-refractivity contribution in [1.82, 2.24) is 4.98 Å². The van der Waals surface area contributed by atoms with Crippen molar-refractivity contribution in [2.75, 3.05) is 0 Å². The number of aliphatic hydroxyl groups excluding tert-OH is 1. The van der Waals surface area contributed by atoms with Crippen molar-refractivity contribution in [2.24, 2.45) is 0 Å². The number of aliphatic hydroxyl groups is 1. The van der Waals surface area contributed by atoms with E-state index in [2.05, 4.69) is 4.98 Å². The average Bonchev–Trinajstić information content (AvgIpc) is 2.66. The Morgan fingerprint density at radius 2 is 1.94 bits per heavy atom. The van der Waals surface area contributed by atoms with E-state index < -0.39 is 17.7 Å². The van der Waals surface area contributed by atoms with Gasteiger partial charge in [0.25, 0.3) is 0 Å². The molecule has 0 aliphatic rings. The monoisotopic (exact) mass is 241 g/mol. The maximum atomic E-state index is 13.4. The zero-order valence-electron chi connectivity index (χ0n) is 8.45. The quantitative estimate of drug-likeness (QED) is 0.876. The van der Waals surface area contributed by atoms with Crippen molar-refractivity contribution in [3.8, 4) is 10.6 Å². The van der Waals surface area contributed by atoms with Gasteiger partial charge in [-0.2, -0.15) is 0 Å². The standard InChI is InChI=1S/C11H9F2NOS/c1-6(15)9-5-14-11(16-9)10-7(12)3-2-4-8(10)13/h2-6,15H,1H3. The Balaban J connectivity index is 2.50. The van der Waals surface area contributed by atoms with Crippen molar-refractivity contribution in [3.63, 3.8) is 0 Å². The number of hydrogen-bond donors (Lipinski definition) is 1. The second-order valence-electron chi connectivity index (χ2n) is 3.34. The first-order valence-electron chi connectivity index (χ1n) is 4.67. The zero-order valence-corrected chi connectivity index (χ0v) is 9.26. The molecule has 0 saturated heterocycles. The number of thiazole rings is 1. The number of benzene rings is 1. The van der Waals surface area contributed by atoms with Gasteiger partial charge in [0.15, 0.2) is 0 Å². The summed E-state index contributed by atoms with van der Waals surface area (Å²) in [6.07, 6.45) is 0.748. The minimum atomic E-state index is -0.680. The molecule has 0 spiro atoms. The van der Waals surface area contributed by atoms with Crippen LogP contribution >= 0.6 is 11.3 Å². The molecule has 1 aromatic carbocycles. The minimum absolute atomic E-state index is 0.139. The predicted molar refractivity (Wildman–Crippen MR) is 58.1 cm³/mol. The van der Waals surface area contributed by atoms with E-state index in [1.807, 2.05) is 0 Å². The summed E-state index contributed by atoms with van der Waals surface area (Å²) in [6.45, 7) is 1.58. The molecule has 5 heteroatoms. The van der Waals surface area contributed by atoms with Gasteiger partial charge in [-0.1, -0.05) is 6.07 Å². The van der Waals surface area contributed by atoms with Crippen LogP contribution in [-0.2, 0) is 0 Å². The first-order valence-corrected chi connectivity index (χ1v) is 5.49. The van der Waals surface area contributed by atoms with Gasteiger partial charge in [0.05, 0.1) is 16.5 Å². The van der Waals surface area contributed by atoms with Crippen LogP contribution in [0.4, 0.5) is 8.78 Å². The fourth-order valence-corrected chi connectivity index (χ4v) is 2.20. The molecule has 16 heavy (non-hydrogen) atoms. The Kier molecular flexibility index (Phi) is 2.98. The molecular formula is C11H9F2NOS. The summed E-state index contributed by atoms with van der Waals surface area (Å²) < 4.78 is 26.8. The highest BCUT2D eigenvalue weighted by molar-refractivity contribution is 7.15. The van der Waals surface area contributed by atoms with Crippen LogP contribution in [0, 0.1) is 11.6 Å². The molecule has 0 saturated carbocycles.